The summed E-state index contributed by atoms with van der Waals surface area (Å²) in [5, 5.41) is 3.92. The van der Waals surface area contributed by atoms with Gasteiger partial charge in [-0.2, -0.15) is 0 Å². The Morgan fingerprint density at radius 2 is 2.14 bits per heavy atom. The molecule has 8 heteroatoms. The highest BCUT2D eigenvalue weighted by Crippen LogP contribution is 2.30. The summed E-state index contributed by atoms with van der Waals surface area (Å²) < 4.78 is 0. The highest BCUT2D eigenvalue weighted by molar-refractivity contribution is 7.18. The van der Waals surface area contributed by atoms with Crippen molar-refractivity contribution in [2.45, 2.75) is 45.2 Å². The highest BCUT2D eigenvalue weighted by Gasteiger charge is 2.26. The van der Waals surface area contributed by atoms with E-state index < -0.39 is 5.91 Å². The molecule has 21 heavy (non-hydrogen) atoms. The normalized spacial score (nSPS) is 14.8. The van der Waals surface area contributed by atoms with Crippen LogP contribution in [0.3, 0.4) is 0 Å². The topological polar surface area (TPSA) is 114 Å². The van der Waals surface area contributed by atoms with Crippen LogP contribution in [0.1, 0.15) is 42.8 Å². The molecule has 1 aromatic rings. The number of rotatable bonds is 6. The summed E-state index contributed by atoms with van der Waals surface area (Å²) in [6.45, 7) is 3.52. The summed E-state index contributed by atoms with van der Waals surface area (Å²) in [6, 6.07) is 0.278. The smallest absolute Gasteiger partial charge is 0.268 e. The average molecular weight is 311 g/mol. The molecule has 5 N–H and O–H groups in total. The first-order valence-corrected chi connectivity index (χ1v) is 7.82. The first kappa shape index (κ1) is 15.6. The molecular weight excluding hydrogens is 290 g/mol. The van der Waals surface area contributed by atoms with E-state index in [-0.39, 0.29) is 24.3 Å². The van der Waals surface area contributed by atoms with Crippen LogP contribution in [0, 0.1) is 0 Å². The van der Waals surface area contributed by atoms with Gasteiger partial charge in [-0.05, 0) is 33.1 Å². The second-order valence-corrected chi connectivity index (χ2v) is 6.50. The van der Waals surface area contributed by atoms with Crippen molar-refractivity contribution >= 4 is 34.1 Å². The van der Waals surface area contributed by atoms with Gasteiger partial charge in [-0.25, -0.2) is 4.98 Å². The van der Waals surface area contributed by atoms with E-state index in [2.05, 4.69) is 10.3 Å². The fraction of sp³-hybridized carbons (Fsp3) is 0.615. The predicted octanol–water partition coefficient (Wildman–Crippen LogP) is 1.03. The van der Waals surface area contributed by atoms with E-state index in [9.17, 15) is 9.59 Å². The molecule has 1 aliphatic carbocycles. The average Bonchev–Trinajstić information content (AvgIpc) is 2.71. The minimum absolute atomic E-state index is 0.126. The summed E-state index contributed by atoms with van der Waals surface area (Å²) in [7, 11) is 0. The molecule has 116 valence electrons. The van der Waals surface area contributed by atoms with Crippen molar-refractivity contribution in [3.63, 3.8) is 0 Å². The van der Waals surface area contributed by atoms with Crippen LogP contribution in [0.25, 0.3) is 0 Å². The summed E-state index contributed by atoms with van der Waals surface area (Å²) in [6.07, 6.45) is 3.44. The first-order chi connectivity index (χ1) is 9.88. The van der Waals surface area contributed by atoms with Gasteiger partial charge in [0.15, 0.2) is 5.13 Å². The van der Waals surface area contributed by atoms with E-state index >= 15 is 0 Å². The van der Waals surface area contributed by atoms with Gasteiger partial charge in [-0.15, -0.1) is 0 Å². The van der Waals surface area contributed by atoms with Crippen LogP contribution in [-0.4, -0.2) is 40.3 Å². The minimum Gasteiger partial charge on any atom is -0.382 e. The van der Waals surface area contributed by atoms with Gasteiger partial charge in [-0.3, -0.25) is 9.59 Å². The molecule has 1 aromatic heterocycles. The number of thiazole rings is 1. The van der Waals surface area contributed by atoms with Crippen molar-refractivity contribution in [1.29, 1.82) is 0 Å². The fourth-order valence-electron chi connectivity index (χ4n) is 2.06. The van der Waals surface area contributed by atoms with Gasteiger partial charge < -0.3 is 21.7 Å². The van der Waals surface area contributed by atoms with Gasteiger partial charge in [0, 0.05) is 12.1 Å². The number of nitrogens with two attached hydrogens (primary N) is 2. The van der Waals surface area contributed by atoms with Crippen molar-refractivity contribution in [3.8, 4) is 0 Å². The Hall–Kier alpha value is -1.83. The Morgan fingerprint density at radius 1 is 1.48 bits per heavy atom. The largest absolute Gasteiger partial charge is 0.382 e. The first-order valence-electron chi connectivity index (χ1n) is 7.00. The lowest BCUT2D eigenvalue weighted by Crippen LogP contribution is -2.42. The lowest BCUT2D eigenvalue weighted by molar-refractivity contribution is -0.119. The molecule has 0 atom stereocenters. The van der Waals surface area contributed by atoms with Crippen LogP contribution in [0.2, 0.25) is 0 Å². The Balaban J connectivity index is 2.14. The lowest BCUT2D eigenvalue weighted by Gasteiger charge is -2.26. The minimum atomic E-state index is -0.548. The van der Waals surface area contributed by atoms with E-state index in [1.165, 1.54) is 22.7 Å². The van der Waals surface area contributed by atoms with Crippen molar-refractivity contribution in [3.05, 3.63) is 4.88 Å². The van der Waals surface area contributed by atoms with Crippen LogP contribution in [0.4, 0.5) is 10.9 Å². The predicted molar refractivity (Wildman–Crippen MR) is 83.2 cm³/mol. The van der Waals surface area contributed by atoms with Crippen molar-refractivity contribution < 1.29 is 9.59 Å². The standard InChI is InChI=1S/C13H21N5O2S/c1-7(2)18(6-9(14)19)12(20)10-11(15)17-13(21-10)16-8-4-3-5-8/h7-8H,3-6,15H2,1-2H3,(H2,14,19)(H,16,17). The number of nitrogens with one attached hydrogen (secondary N) is 1. The van der Waals surface area contributed by atoms with E-state index in [1.807, 2.05) is 13.8 Å². The Morgan fingerprint density at radius 3 is 2.62 bits per heavy atom. The van der Waals surface area contributed by atoms with Crippen molar-refractivity contribution in [2.24, 2.45) is 5.73 Å². The van der Waals surface area contributed by atoms with Gasteiger partial charge in [0.1, 0.15) is 10.7 Å². The number of amides is 2. The quantitative estimate of drug-likeness (QED) is 0.726. The molecule has 0 spiro atoms. The molecule has 0 aromatic carbocycles. The monoisotopic (exact) mass is 311 g/mol. The second kappa shape index (κ2) is 6.30. The molecule has 1 fully saturated rings. The zero-order valence-corrected chi connectivity index (χ0v) is 13.1. The van der Waals surface area contributed by atoms with Gasteiger partial charge in [-0.1, -0.05) is 11.3 Å². The lowest BCUT2D eigenvalue weighted by atomic mass is 9.93. The maximum Gasteiger partial charge on any atom is 0.268 e. The molecule has 0 unspecified atom stereocenters. The van der Waals surface area contributed by atoms with Crippen molar-refractivity contribution in [2.75, 3.05) is 17.6 Å². The van der Waals surface area contributed by atoms with Crippen LogP contribution >= 0.6 is 11.3 Å². The van der Waals surface area contributed by atoms with Gasteiger partial charge >= 0.3 is 0 Å². The third kappa shape index (κ3) is 3.63. The summed E-state index contributed by atoms with van der Waals surface area (Å²) >= 11 is 1.23. The van der Waals surface area contributed by atoms with Crippen LogP contribution in [-0.2, 0) is 4.79 Å². The van der Waals surface area contributed by atoms with Crippen molar-refractivity contribution in [1.82, 2.24) is 9.88 Å². The highest BCUT2D eigenvalue weighted by atomic mass is 32.1. The summed E-state index contributed by atoms with van der Waals surface area (Å²) in [4.78, 5) is 29.6. The number of anilines is 2. The van der Waals surface area contributed by atoms with Gasteiger partial charge in [0.2, 0.25) is 5.91 Å². The number of carbonyl (C=O) groups is 2. The van der Waals surface area contributed by atoms with Gasteiger partial charge in [0.25, 0.3) is 5.91 Å². The third-order valence-corrected chi connectivity index (χ3v) is 4.48. The number of nitrogens with zero attached hydrogens (tertiary/aromatic N) is 2. The molecule has 1 aliphatic rings. The number of hydrogen-bond acceptors (Lipinski definition) is 6. The Kier molecular flexibility index (Phi) is 4.66. The van der Waals surface area contributed by atoms with E-state index in [0.29, 0.717) is 16.1 Å². The maximum absolute atomic E-state index is 12.5. The molecule has 0 bridgehead atoms. The number of primary amides is 1. The molecule has 1 saturated carbocycles. The molecule has 2 rings (SSSR count). The van der Waals surface area contributed by atoms with E-state index in [1.54, 1.807) is 0 Å². The SMILES string of the molecule is CC(C)N(CC(N)=O)C(=O)c1sc(NC2CCC2)nc1N. The molecule has 0 saturated heterocycles. The third-order valence-electron chi connectivity index (χ3n) is 3.49. The number of hydrogen-bond donors (Lipinski definition) is 3. The summed E-state index contributed by atoms with van der Waals surface area (Å²) in [5.74, 6) is -0.657. The van der Waals surface area contributed by atoms with Crippen LogP contribution < -0.4 is 16.8 Å². The van der Waals surface area contributed by atoms with Crippen LogP contribution in [0.5, 0.6) is 0 Å². The number of aromatic nitrogens is 1. The summed E-state index contributed by atoms with van der Waals surface area (Å²) in [5.41, 5.74) is 11.0. The second-order valence-electron chi connectivity index (χ2n) is 5.50. The van der Waals surface area contributed by atoms with Crippen LogP contribution in [0.15, 0.2) is 0 Å². The number of carbonyl (C=O) groups excluding carboxylic acids is 2. The Labute approximate surface area is 127 Å². The van der Waals surface area contributed by atoms with E-state index in [0.717, 1.165) is 12.8 Å². The molecular formula is C13H21N5O2S. The fourth-order valence-corrected chi connectivity index (χ4v) is 2.98. The molecule has 2 amide bonds. The zero-order valence-electron chi connectivity index (χ0n) is 12.3. The zero-order chi connectivity index (χ0) is 15.6. The number of nitrogen functional groups attached to an aromatic ring is 1. The van der Waals surface area contributed by atoms with Gasteiger partial charge in [0.05, 0.1) is 6.54 Å². The maximum atomic E-state index is 12.5. The molecule has 0 radical (unpaired) electrons. The Bertz CT molecular complexity index is 539. The molecule has 7 nitrogen and oxygen atoms in total. The molecule has 0 aliphatic heterocycles. The van der Waals surface area contributed by atoms with E-state index in [4.69, 9.17) is 11.5 Å². The molecule has 1 heterocycles.